The van der Waals surface area contributed by atoms with Crippen LogP contribution in [0.1, 0.15) is 17.2 Å². The highest BCUT2D eigenvalue weighted by Gasteiger charge is 2.60. The second-order valence-electron chi connectivity index (χ2n) is 9.43. The Kier molecular flexibility index (Phi) is 6.17. The van der Waals surface area contributed by atoms with Crippen molar-refractivity contribution in [2.75, 3.05) is 9.96 Å². The van der Waals surface area contributed by atoms with Gasteiger partial charge in [0.25, 0.3) is 5.91 Å². The van der Waals surface area contributed by atoms with Crippen LogP contribution in [0.5, 0.6) is 5.75 Å². The molecule has 0 unspecified atom stereocenters. The standard InChI is InChI=1S/C30H24N2O6S/c1-20-9-8-12-23(19-20)31-29(33)26-27(32(37-28(26)30(31)34)22-10-4-2-5-11-22)21-15-17-24(18-16-21)38-39(35,36)25-13-6-3-7-14-25/h2-19,26-28H,1H3/t26-,27+,28-/m1/s1. The molecule has 9 heteroatoms. The molecule has 0 radical (unpaired) electrons. The van der Waals surface area contributed by atoms with Gasteiger partial charge in [-0.2, -0.15) is 8.42 Å². The van der Waals surface area contributed by atoms with Crippen LogP contribution in [0, 0.1) is 12.8 Å². The van der Waals surface area contributed by atoms with Crippen LogP contribution >= 0.6 is 0 Å². The van der Waals surface area contributed by atoms with Gasteiger partial charge >= 0.3 is 10.1 Å². The number of benzene rings is 4. The Balaban J connectivity index is 1.35. The molecule has 4 aromatic carbocycles. The summed E-state index contributed by atoms with van der Waals surface area (Å²) in [6.45, 7) is 1.90. The number of carbonyl (C=O) groups excluding carboxylic acids is 2. The molecule has 0 aromatic heterocycles. The van der Waals surface area contributed by atoms with E-state index in [1.165, 1.54) is 29.2 Å². The van der Waals surface area contributed by atoms with Gasteiger partial charge in [0, 0.05) is 0 Å². The van der Waals surface area contributed by atoms with Gasteiger partial charge < -0.3 is 4.18 Å². The largest absolute Gasteiger partial charge is 0.379 e. The number of hydrogen-bond acceptors (Lipinski definition) is 7. The lowest BCUT2D eigenvalue weighted by atomic mass is 9.90. The lowest BCUT2D eigenvalue weighted by Gasteiger charge is -2.29. The molecule has 6 rings (SSSR count). The van der Waals surface area contributed by atoms with E-state index >= 15 is 0 Å². The number of imide groups is 1. The third-order valence-electron chi connectivity index (χ3n) is 6.85. The van der Waals surface area contributed by atoms with Gasteiger partial charge in [-0.05, 0) is 66.6 Å². The molecule has 2 saturated heterocycles. The highest BCUT2D eigenvalue weighted by atomic mass is 32.2. The molecule has 3 atom stereocenters. The summed E-state index contributed by atoms with van der Waals surface area (Å²) < 4.78 is 30.7. The van der Waals surface area contributed by atoms with E-state index in [0.29, 0.717) is 16.9 Å². The Morgan fingerprint density at radius 1 is 0.744 bits per heavy atom. The number of hydroxylamine groups is 1. The van der Waals surface area contributed by atoms with Gasteiger partial charge in [0.1, 0.15) is 16.6 Å². The van der Waals surface area contributed by atoms with Crippen LogP contribution in [0.3, 0.4) is 0 Å². The fraction of sp³-hybridized carbons (Fsp3) is 0.133. The van der Waals surface area contributed by atoms with Gasteiger partial charge in [-0.15, -0.1) is 0 Å². The van der Waals surface area contributed by atoms with Gasteiger partial charge in [-0.25, -0.2) is 9.96 Å². The summed E-state index contributed by atoms with van der Waals surface area (Å²) in [5.41, 5.74) is 2.78. The predicted molar refractivity (Wildman–Crippen MR) is 144 cm³/mol. The molecule has 0 aliphatic carbocycles. The summed E-state index contributed by atoms with van der Waals surface area (Å²) in [4.78, 5) is 34.7. The first kappa shape index (κ1) is 24.8. The molecule has 8 nitrogen and oxygen atoms in total. The second kappa shape index (κ2) is 9.68. The number of fused-ring (bicyclic) bond motifs is 1. The zero-order valence-corrected chi connectivity index (χ0v) is 21.7. The van der Waals surface area contributed by atoms with E-state index in [2.05, 4.69) is 0 Å². The second-order valence-corrected chi connectivity index (χ2v) is 11.0. The first-order valence-corrected chi connectivity index (χ1v) is 13.8. The number of carbonyl (C=O) groups is 2. The van der Waals surface area contributed by atoms with Crippen LogP contribution in [0.15, 0.2) is 114 Å². The molecule has 0 saturated carbocycles. The first-order chi connectivity index (χ1) is 18.8. The summed E-state index contributed by atoms with van der Waals surface area (Å²) in [6.07, 6.45) is -1.00. The molecule has 196 valence electrons. The fourth-order valence-electron chi connectivity index (χ4n) is 5.06. The lowest BCUT2D eigenvalue weighted by molar-refractivity contribution is -0.126. The van der Waals surface area contributed by atoms with Crippen LogP contribution in [-0.4, -0.2) is 26.3 Å². The maximum atomic E-state index is 13.8. The van der Waals surface area contributed by atoms with Crippen LogP contribution in [-0.2, 0) is 24.5 Å². The summed E-state index contributed by atoms with van der Waals surface area (Å²) in [7, 11) is -4.01. The number of hydrogen-bond donors (Lipinski definition) is 0. The lowest BCUT2D eigenvalue weighted by Crippen LogP contribution is -2.37. The average Bonchev–Trinajstić information content (AvgIpc) is 3.45. The highest BCUT2D eigenvalue weighted by Crippen LogP contribution is 2.47. The van der Waals surface area contributed by atoms with E-state index in [-0.39, 0.29) is 16.6 Å². The quantitative estimate of drug-likeness (QED) is 0.256. The maximum Gasteiger partial charge on any atom is 0.339 e. The van der Waals surface area contributed by atoms with Crippen molar-refractivity contribution in [2.24, 2.45) is 5.92 Å². The zero-order chi connectivity index (χ0) is 27.1. The summed E-state index contributed by atoms with van der Waals surface area (Å²) in [5.74, 6) is -1.46. The van der Waals surface area contributed by atoms with Gasteiger partial charge in [0.2, 0.25) is 5.91 Å². The number of rotatable bonds is 6. The van der Waals surface area contributed by atoms with Crippen LogP contribution in [0.25, 0.3) is 0 Å². The third-order valence-corrected chi connectivity index (χ3v) is 8.11. The maximum absolute atomic E-state index is 13.8. The molecule has 2 amide bonds. The van der Waals surface area contributed by atoms with E-state index < -0.39 is 34.1 Å². The number of para-hydroxylation sites is 1. The molecule has 2 fully saturated rings. The fourth-order valence-corrected chi connectivity index (χ4v) is 6.01. The zero-order valence-electron chi connectivity index (χ0n) is 20.9. The Hall–Kier alpha value is -4.47. The molecule has 2 aliphatic heterocycles. The molecular weight excluding hydrogens is 516 g/mol. The monoisotopic (exact) mass is 540 g/mol. The van der Waals surface area contributed by atoms with Crippen LogP contribution in [0.4, 0.5) is 11.4 Å². The van der Waals surface area contributed by atoms with Gasteiger partial charge in [-0.3, -0.25) is 14.4 Å². The summed E-state index contributed by atoms with van der Waals surface area (Å²) >= 11 is 0. The molecule has 0 N–H and O–H groups in total. The van der Waals surface area contributed by atoms with Crippen LogP contribution in [0.2, 0.25) is 0 Å². The predicted octanol–water partition coefficient (Wildman–Crippen LogP) is 4.81. The molecule has 2 aliphatic rings. The van der Waals surface area contributed by atoms with Crippen molar-refractivity contribution in [3.63, 3.8) is 0 Å². The average molecular weight is 541 g/mol. The minimum atomic E-state index is -4.01. The first-order valence-electron chi connectivity index (χ1n) is 12.4. The molecule has 2 heterocycles. The van der Waals surface area contributed by atoms with Gasteiger partial charge in [0.15, 0.2) is 6.10 Å². The van der Waals surface area contributed by atoms with E-state index in [1.54, 1.807) is 53.6 Å². The van der Waals surface area contributed by atoms with Crippen LogP contribution < -0.4 is 14.1 Å². The van der Waals surface area contributed by atoms with E-state index in [4.69, 9.17) is 9.02 Å². The van der Waals surface area contributed by atoms with Crippen molar-refractivity contribution in [3.05, 3.63) is 120 Å². The Morgan fingerprint density at radius 3 is 2.05 bits per heavy atom. The molecule has 0 spiro atoms. The SMILES string of the molecule is Cc1cccc(N2C(=O)[C@H]3[C@@H](ON(c4ccccc4)[C@H]3c3ccc(OS(=O)(=O)c4ccccc4)cc3)C2=O)c1. The van der Waals surface area contributed by atoms with Crippen molar-refractivity contribution in [1.82, 2.24) is 0 Å². The minimum absolute atomic E-state index is 0.0441. The Bertz CT molecular complexity index is 1640. The number of aryl methyl sites for hydroxylation is 1. The van der Waals surface area contributed by atoms with E-state index in [1.807, 2.05) is 43.3 Å². The normalized spacial score (nSPS) is 20.8. The third kappa shape index (κ3) is 4.45. The van der Waals surface area contributed by atoms with Crippen molar-refractivity contribution < 1.29 is 27.0 Å². The van der Waals surface area contributed by atoms with E-state index in [0.717, 1.165) is 5.56 Å². The van der Waals surface area contributed by atoms with Crippen molar-refractivity contribution in [3.8, 4) is 5.75 Å². The number of anilines is 2. The van der Waals surface area contributed by atoms with E-state index in [9.17, 15) is 18.0 Å². The summed E-state index contributed by atoms with van der Waals surface area (Å²) in [6, 6.07) is 30.1. The summed E-state index contributed by atoms with van der Waals surface area (Å²) in [5, 5.41) is 1.59. The molecular formula is C30H24N2O6S. The molecule has 4 aromatic rings. The molecule has 39 heavy (non-hydrogen) atoms. The topological polar surface area (TPSA) is 93.2 Å². The number of amides is 2. The highest BCUT2D eigenvalue weighted by molar-refractivity contribution is 7.87. The minimum Gasteiger partial charge on any atom is -0.379 e. The van der Waals surface area contributed by atoms with Crippen molar-refractivity contribution in [1.29, 1.82) is 0 Å². The Labute approximate surface area is 226 Å². The van der Waals surface area contributed by atoms with Crippen molar-refractivity contribution in [2.45, 2.75) is 24.0 Å². The van der Waals surface area contributed by atoms with Crippen molar-refractivity contribution >= 4 is 33.3 Å². The smallest absolute Gasteiger partial charge is 0.339 e. The Morgan fingerprint density at radius 2 is 1.38 bits per heavy atom. The number of nitrogens with zero attached hydrogens (tertiary/aromatic N) is 2. The van der Waals surface area contributed by atoms with Gasteiger partial charge in [0.05, 0.1) is 17.4 Å². The molecule has 0 bridgehead atoms. The van der Waals surface area contributed by atoms with Gasteiger partial charge in [-0.1, -0.05) is 60.7 Å².